The fourth-order valence-corrected chi connectivity index (χ4v) is 6.72. The fraction of sp³-hybridized carbons (Fsp3) is 1.00. The third-order valence-corrected chi connectivity index (χ3v) is 8.34. The second-order valence-electron chi connectivity index (χ2n) is 12.7. The fourth-order valence-electron chi connectivity index (χ4n) is 6.72. The molecular formula is C27H56Cl2N2. The Kier molecular flexibility index (Phi) is 13.0. The quantitative estimate of drug-likeness (QED) is 0.289. The molecule has 0 radical (unpaired) electrons. The van der Waals surface area contributed by atoms with Crippen molar-refractivity contribution in [2.24, 2.45) is 0 Å². The topological polar surface area (TPSA) is 6.48 Å². The van der Waals surface area contributed by atoms with Crippen LogP contribution in [-0.2, 0) is 0 Å². The van der Waals surface area contributed by atoms with Gasteiger partial charge in [0, 0.05) is 22.2 Å². The van der Waals surface area contributed by atoms with E-state index in [9.17, 15) is 0 Å². The maximum absolute atomic E-state index is 2.81. The molecule has 2 fully saturated rings. The van der Waals surface area contributed by atoms with E-state index in [1.165, 1.54) is 96.6 Å². The summed E-state index contributed by atoms with van der Waals surface area (Å²) in [5.41, 5.74) is 1.55. The van der Waals surface area contributed by atoms with Crippen molar-refractivity contribution in [3.8, 4) is 0 Å². The second-order valence-corrected chi connectivity index (χ2v) is 12.7. The molecule has 0 bridgehead atoms. The molecule has 0 saturated carbocycles. The van der Waals surface area contributed by atoms with Crippen LogP contribution in [0.5, 0.6) is 0 Å². The van der Waals surface area contributed by atoms with Gasteiger partial charge in [-0.3, -0.25) is 9.80 Å². The van der Waals surface area contributed by atoms with E-state index in [-0.39, 0.29) is 24.8 Å². The Bertz CT molecular complexity index is 423. The molecule has 2 nitrogen and oxygen atoms in total. The number of nitrogens with zero attached hydrogens (tertiary/aromatic N) is 2. The van der Waals surface area contributed by atoms with Crippen molar-refractivity contribution in [2.45, 2.75) is 161 Å². The predicted molar refractivity (Wildman–Crippen MR) is 144 cm³/mol. The van der Waals surface area contributed by atoms with Crippen LogP contribution in [0.3, 0.4) is 0 Å². The van der Waals surface area contributed by atoms with Crippen LogP contribution in [-0.4, -0.2) is 45.0 Å². The van der Waals surface area contributed by atoms with Crippen molar-refractivity contribution in [1.82, 2.24) is 9.80 Å². The molecule has 0 aromatic rings. The summed E-state index contributed by atoms with van der Waals surface area (Å²) in [6, 6.07) is 0. The number of halogens is 2. The van der Waals surface area contributed by atoms with Gasteiger partial charge in [0.05, 0.1) is 0 Å². The van der Waals surface area contributed by atoms with E-state index in [2.05, 4.69) is 65.2 Å². The summed E-state index contributed by atoms with van der Waals surface area (Å²) in [6.45, 7) is 22.2. The van der Waals surface area contributed by atoms with Crippen molar-refractivity contribution in [1.29, 1.82) is 0 Å². The standard InChI is InChI=1S/C27H54N2.2ClH/c1-24(2)18-16-19-25(3,4)28(24)22-14-12-10-9-11-13-15-23-29-26(5,6)20-17-21-27(29,7)8;;/h9-23H2,1-8H3;2*1H. The van der Waals surface area contributed by atoms with E-state index in [1.54, 1.807) is 0 Å². The van der Waals surface area contributed by atoms with Gasteiger partial charge in [0.2, 0.25) is 0 Å². The van der Waals surface area contributed by atoms with Crippen LogP contribution in [0.25, 0.3) is 0 Å². The lowest BCUT2D eigenvalue weighted by Gasteiger charge is -2.53. The van der Waals surface area contributed by atoms with Crippen molar-refractivity contribution >= 4 is 24.8 Å². The van der Waals surface area contributed by atoms with Crippen molar-refractivity contribution in [3.05, 3.63) is 0 Å². The zero-order chi connectivity index (χ0) is 21.8. The van der Waals surface area contributed by atoms with Gasteiger partial charge in [0.1, 0.15) is 0 Å². The zero-order valence-corrected chi connectivity index (χ0v) is 24.0. The molecule has 0 unspecified atom stereocenters. The molecule has 0 aromatic carbocycles. The number of piperidine rings is 2. The van der Waals surface area contributed by atoms with E-state index in [0.717, 1.165) is 0 Å². The van der Waals surface area contributed by atoms with Gasteiger partial charge in [-0.1, -0.05) is 32.1 Å². The Morgan fingerprint density at radius 3 is 0.903 bits per heavy atom. The summed E-state index contributed by atoms with van der Waals surface area (Å²) < 4.78 is 0. The van der Waals surface area contributed by atoms with Crippen LogP contribution in [0.4, 0.5) is 0 Å². The Labute approximate surface area is 208 Å². The number of hydrogen-bond donors (Lipinski definition) is 0. The van der Waals surface area contributed by atoms with Gasteiger partial charge in [-0.2, -0.15) is 0 Å². The SMILES string of the molecule is CC1(C)CCCC(C)(C)N1CCCCCCCCCN1C(C)(C)CCCC1(C)C.Cl.Cl. The van der Waals surface area contributed by atoms with Crippen molar-refractivity contribution < 1.29 is 0 Å². The van der Waals surface area contributed by atoms with Crippen LogP contribution in [0.1, 0.15) is 139 Å². The van der Waals surface area contributed by atoms with Gasteiger partial charge in [-0.25, -0.2) is 0 Å². The van der Waals surface area contributed by atoms with Crippen LogP contribution in [0.15, 0.2) is 0 Å². The Morgan fingerprint density at radius 1 is 0.419 bits per heavy atom. The first-order valence-electron chi connectivity index (χ1n) is 12.9. The van der Waals surface area contributed by atoms with Crippen molar-refractivity contribution in [3.63, 3.8) is 0 Å². The molecule has 2 aliphatic rings. The Morgan fingerprint density at radius 2 is 0.645 bits per heavy atom. The molecule has 2 heterocycles. The average Bonchev–Trinajstić information content (AvgIpc) is 2.56. The lowest BCUT2D eigenvalue weighted by atomic mass is 9.79. The molecule has 188 valence electrons. The first-order chi connectivity index (χ1) is 13.4. The van der Waals surface area contributed by atoms with Gasteiger partial charge in [-0.05, 0) is 120 Å². The minimum absolute atomic E-state index is 0. The van der Waals surface area contributed by atoms with Gasteiger partial charge in [0.15, 0.2) is 0 Å². The highest BCUT2D eigenvalue weighted by Gasteiger charge is 2.41. The largest absolute Gasteiger partial charge is 0.293 e. The van der Waals surface area contributed by atoms with Crippen LogP contribution in [0, 0.1) is 0 Å². The molecule has 4 heteroatoms. The van der Waals surface area contributed by atoms with Gasteiger partial charge >= 0.3 is 0 Å². The minimum atomic E-state index is 0. The van der Waals surface area contributed by atoms with E-state index in [0.29, 0.717) is 22.2 Å². The van der Waals surface area contributed by atoms with Crippen LogP contribution < -0.4 is 0 Å². The summed E-state index contributed by atoms with van der Waals surface area (Å²) in [5, 5.41) is 0. The molecule has 0 N–H and O–H groups in total. The molecule has 2 rings (SSSR count). The molecule has 0 aromatic heterocycles. The third-order valence-electron chi connectivity index (χ3n) is 8.34. The number of unbranched alkanes of at least 4 members (excludes halogenated alkanes) is 6. The van der Waals surface area contributed by atoms with E-state index < -0.39 is 0 Å². The van der Waals surface area contributed by atoms with Gasteiger partial charge in [0.25, 0.3) is 0 Å². The monoisotopic (exact) mass is 478 g/mol. The highest BCUT2D eigenvalue weighted by molar-refractivity contribution is 5.85. The number of hydrogen-bond acceptors (Lipinski definition) is 2. The highest BCUT2D eigenvalue weighted by Crippen LogP contribution is 2.39. The zero-order valence-electron chi connectivity index (χ0n) is 22.3. The van der Waals surface area contributed by atoms with Crippen molar-refractivity contribution in [2.75, 3.05) is 13.1 Å². The van der Waals surface area contributed by atoms with Gasteiger partial charge < -0.3 is 0 Å². The first-order valence-corrected chi connectivity index (χ1v) is 12.9. The van der Waals surface area contributed by atoms with Crippen LogP contribution in [0.2, 0.25) is 0 Å². The lowest BCUT2D eigenvalue weighted by Crippen LogP contribution is -2.58. The molecule has 2 aliphatic heterocycles. The maximum atomic E-state index is 2.81. The molecule has 0 aliphatic carbocycles. The summed E-state index contributed by atoms with van der Waals surface area (Å²) in [6.07, 6.45) is 18.1. The second kappa shape index (κ2) is 12.8. The number of rotatable bonds is 10. The molecule has 2 saturated heterocycles. The molecular weight excluding hydrogens is 423 g/mol. The molecule has 0 amide bonds. The summed E-state index contributed by atoms with van der Waals surface area (Å²) in [7, 11) is 0. The van der Waals surface area contributed by atoms with Crippen LogP contribution >= 0.6 is 24.8 Å². The lowest BCUT2D eigenvalue weighted by molar-refractivity contribution is -0.0276. The van der Waals surface area contributed by atoms with E-state index >= 15 is 0 Å². The van der Waals surface area contributed by atoms with Gasteiger partial charge in [-0.15, -0.1) is 24.8 Å². The number of likely N-dealkylation sites (tertiary alicyclic amines) is 2. The maximum Gasteiger partial charge on any atom is 0.0158 e. The summed E-state index contributed by atoms with van der Waals surface area (Å²) >= 11 is 0. The minimum Gasteiger partial charge on any atom is -0.293 e. The highest BCUT2D eigenvalue weighted by atomic mass is 35.5. The smallest absolute Gasteiger partial charge is 0.0158 e. The normalized spacial score (nSPS) is 24.8. The summed E-state index contributed by atoms with van der Waals surface area (Å²) in [4.78, 5) is 5.62. The molecule has 31 heavy (non-hydrogen) atoms. The van der Waals surface area contributed by atoms with E-state index in [4.69, 9.17) is 0 Å². The van der Waals surface area contributed by atoms with E-state index in [1.807, 2.05) is 0 Å². The predicted octanol–water partition coefficient (Wildman–Crippen LogP) is 8.65. The third kappa shape index (κ3) is 8.99. The summed E-state index contributed by atoms with van der Waals surface area (Å²) in [5.74, 6) is 0. The Balaban J connectivity index is 0.00000450. The molecule has 0 atom stereocenters. The Hall–Kier alpha value is 0.500. The average molecular weight is 480 g/mol. The first kappa shape index (κ1) is 31.5. The molecule has 0 spiro atoms.